The van der Waals surface area contributed by atoms with Crippen molar-refractivity contribution in [2.45, 2.75) is 32.4 Å². The second kappa shape index (κ2) is 6.47. The molecule has 6 heteroatoms. The average molecular weight is 277 g/mol. The highest BCUT2D eigenvalue weighted by molar-refractivity contribution is 5.78. The number of nitrogens with one attached hydrogen (secondary N) is 2. The van der Waals surface area contributed by atoms with Crippen molar-refractivity contribution in [1.29, 1.82) is 0 Å². The van der Waals surface area contributed by atoms with Crippen LogP contribution in [0.2, 0.25) is 0 Å². The molecule has 1 saturated heterocycles. The molecule has 0 spiro atoms. The van der Waals surface area contributed by atoms with Gasteiger partial charge in [0.25, 0.3) is 5.69 Å². The first-order valence-corrected chi connectivity index (χ1v) is 6.80. The lowest BCUT2D eigenvalue weighted by Gasteiger charge is -2.27. The predicted molar refractivity (Wildman–Crippen MR) is 75.1 cm³/mol. The van der Waals surface area contributed by atoms with Crippen LogP contribution in [0.25, 0.3) is 0 Å². The Labute approximate surface area is 117 Å². The molecule has 6 nitrogen and oxygen atoms in total. The number of hydrogen-bond donors (Lipinski definition) is 2. The fraction of sp³-hybridized carbons (Fsp3) is 0.500. The van der Waals surface area contributed by atoms with Gasteiger partial charge in [-0.1, -0.05) is 12.1 Å². The van der Waals surface area contributed by atoms with Crippen molar-refractivity contribution in [2.24, 2.45) is 5.92 Å². The van der Waals surface area contributed by atoms with Gasteiger partial charge in [-0.2, -0.15) is 0 Å². The Kier molecular flexibility index (Phi) is 4.68. The number of hydrogen-bond acceptors (Lipinski definition) is 4. The van der Waals surface area contributed by atoms with Crippen molar-refractivity contribution >= 4 is 11.6 Å². The van der Waals surface area contributed by atoms with Gasteiger partial charge in [-0.05, 0) is 31.9 Å². The molecule has 1 aliphatic heterocycles. The van der Waals surface area contributed by atoms with Crippen molar-refractivity contribution in [3.8, 4) is 0 Å². The molecule has 0 aliphatic carbocycles. The van der Waals surface area contributed by atoms with Crippen LogP contribution in [-0.4, -0.2) is 23.4 Å². The summed E-state index contributed by atoms with van der Waals surface area (Å²) in [5.74, 6) is 0.126. The van der Waals surface area contributed by atoms with E-state index in [9.17, 15) is 14.9 Å². The largest absolute Gasteiger partial charge is 0.352 e. The molecule has 0 unspecified atom stereocenters. The third kappa shape index (κ3) is 3.77. The maximum absolute atomic E-state index is 12.0. The molecule has 1 aliphatic rings. The molecule has 0 saturated carbocycles. The van der Waals surface area contributed by atoms with Gasteiger partial charge in [0.2, 0.25) is 5.91 Å². The van der Waals surface area contributed by atoms with Crippen LogP contribution in [0.3, 0.4) is 0 Å². The molecule has 1 heterocycles. The third-order valence-electron chi connectivity index (χ3n) is 3.61. The number of rotatable bonds is 4. The number of benzene rings is 1. The number of nitro groups is 1. The topological polar surface area (TPSA) is 84.3 Å². The number of amides is 1. The van der Waals surface area contributed by atoms with Crippen LogP contribution < -0.4 is 10.6 Å². The summed E-state index contributed by atoms with van der Waals surface area (Å²) in [6.45, 7) is 3.36. The summed E-state index contributed by atoms with van der Waals surface area (Å²) in [6, 6.07) is 6.62. The highest BCUT2D eigenvalue weighted by atomic mass is 16.6. The molecular weight excluding hydrogens is 258 g/mol. The summed E-state index contributed by atoms with van der Waals surface area (Å²) in [5, 5.41) is 16.8. The van der Waals surface area contributed by atoms with Gasteiger partial charge in [0.15, 0.2) is 0 Å². The van der Waals surface area contributed by atoms with Crippen LogP contribution in [-0.2, 0) is 11.3 Å². The summed E-state index contributed by atoms with van der Waals surface area (Å²) in [5.41, 5.74) is 0.929. The molecule has 0 aromatic heterocycles. The van der Waals surface area contributed by atoms with Crippen LogP contribution in [0.5, 0.6) is 0 Å². The second-order valence-electron chi connectivity index (χ2n) is 5.22. The zero-order valence-electron chi connectivity index (χ0n) is 11.5. The average Bonchev–Trinajstić information content (AvgIpc) is 2.45. The molecule has 1 fully saturated rings. The SMILES string of the molecule is C[C@H]1C[C@@H](C(=O)NCc2ccc([N+](=O)[O-])cc2)CCN1. The smallest absolute Gasteiger partial charge is 0.269 e. The molecule has 2 N–H and O–H groups in total. The van der Waals surface area contributed by atoms with E-state index in [4.69, 9.17) is 0 Å². The van der Waals surface area contributed by atoms with E-state index >= 15 is 0 Å². The lowest BCUT2D eigenvalue weighted by Crippen LogP contribution is -2.42. The van der Waals surface area contributed by atoms with Crippen LogP contribution in [0.1, 0.15) is 25.3 Å². The number of nitrogens with zero attached hydrogens (tertiary/aromatic N) is 1. The minimum Gasteiger partial charge on any atom is -0.352 e. The highest BCUT2D eigenvalue weighted by Gasteiger charge is 2.24. The van der Waals surface area contributed by atoms with Crippen molar-refractivity contribution in [3.05, 3.63) is 39.9 Å². The number of non-ortho nitro benzene ring substituents is 1. The Balaban J connectivity index is 1.85. The molecule has 2 atom stereocenters. The number of piperidine rings is 1. The molecule has 108 valence electrons. The first-order valence-electron chi connectivity index (χ1n) is 6.80. The Hall–Kier alpha value is -1.95. The number of carbonyl (C=O) groups is 1. The van der Waals surface area contributed by atoms with Gasteiger partial charge in [-0.15, -0.1) is 0 Å². The van der Waals surface area contributed by atoms with Crippen LogP contribution >= 0.6 is 0 Å². The van der Waals surface area contributed by atoms with Gasteiger partial charge in [-0.25, -0.2) is 0 Å². The van der Waals surface area contributed by atoms with E-state index < -0.39 is 4.92 Å². The number of carbonyl (C=O) groups excluding carboxylic acids is 1. The summed E-state index contributed by atoms with van der Waals surface area (Å²) < 4.78 is 0. The van der Waals surface area contributed by atoms with Gasteiger partial charge < -0.3 is 10.6 Å². The predicted octanol–water partition coefficient (Wildman–Crippen LogP) is 1.60. The van der Waals surface area contributed by atoms with Gasteiger partial charge in [0.1, 0.15) is 0 Å². The Bertz CT molecular complexity index is 487. The summed E-state index contributed by atoms with van der Waals surface area (Å²) >= 11 is 0. The maximum Gasteiger partial charge on any atom is 0.269 e. The minimum atomic E-state index is -0.432. The summed E-state index contributed by atoms with van der Waals surface area (Å²) in [7, 11) is 0. The lowest BCUT2D eigenvalue weighted by molar-refractivity contribution is -0.384. The zero-order chi connectivity index (χ0) is 14.5. The third-order valence-corrected chi connectivity index (χ3v) is 3.61. The van der Waals surface area contributed by atoms with Crippen LogP contribution in [0.15, 0.2) is 24.3 Å². The Morgan fingerprint density at radius 3 is 2.75 bits per heavy atom. The first-order chi connectivity index (χ1) is 9.56. The molecule has 1 amide bonds. The number of nitro benzene ring substituents is 1. The zero-order valence-corrected chi connectivity index (χ0v) is 11.5. The monoisotopic (exact) mass is 277 g/mol. The molecule has 0 bridgehead atoms. The summed E-state index contributed by atoms with van der Waals surface area (Å²) in [4.78, 5) is 22.2. The van der Waals surface area contributed by atoms with Gasteiger partial charge in [0.05, 0.1) is 4.92 Å². The maximum atomic E-state index is 12.0. The van der Waals surface area contributed by atoms with E-state index in [1.165, 1.54) is 12.1 Å². The molecule has 1 aromatic rings. The standard InChI is InChI=1S/C14H19N3O3/c1-10-8-12(6-7-15-10)14(18)16-9-11-2-4-13(5-3-11)17(19)20/h2-5,10,12,15H,6-9H2,1H3,(H,16,18)/t10-,12-/m0/s1. The Morgan fingerprint density at radius 1 is 1.45 bits per heavy atom. The summed E-state index contributed by atoms with van der Waals surface area (Å²) in [6.07, 6.45) is 1.71. The first kappa shape index (κ1) is 14.5. The molecular formula is C14H19N3O3. The van der Waals surface area contributed by atoms with E-state index in [-0.39, 0.29) is 17.5 Å². The molecule has 2 rings (SSSR count). The molecule has 1 aromatic carbocycles. The lowest BCUT2D eigenvalue weighted by atomic mass is 9.92. The van der Waals surface area contributed by atoms with Crippen molar-refractivity contribution in [1.82, 2.24) is 10.6 Å². The Morgan fingerprint density at radius 2 is 2.15 bits per heavy atom. The van der Waals surface area contributed by atoms with Crippen molar-refractivity contribution in [2.75, 3.05) is 6.54 Å². The van der Waals surface area contributed by atoms with Gasteiger partial charge >= 0.3 is 0 Å². The quantitative estimate of drug-likeness (QED) is 0.646. The van der Waals surface area contributed by atoms with E-state index in [0.29, 0.717) is 12.6 Å². The van der Waals surface area contributed by atoms with E-state index in [1.54, 1.807) is 12.1 Å². The molecule has 0 radical (unpaired) electrons. The second-order valence-corrected chi connectivity index (χ2v) is 5.22. The van der Waals surface area contributed by atoms with E-state index in [1.807, 2.05) is 0 Å². The van der Waals surface area contributed by atoms with Crippen molar-refractivity contribution < 1.29 is 9.72 Å². The van der Waals surface area contributed by atoms with E-state index in [0.717, 1.165) is 24.9 Å². The normalized spacial score (nSPS) is 22.2. The van der Waals surface area contributed by atoms with Gasteiger partial charge in [0, 0.05) is 30.6 Å². The van der Waals surface area contributed by atoms with Crippen LogP contribution in [0, 0.1) is 16.0 Å². The highest BCUT2D eigenvalue weighted by Crippen LogP contribution is 2.16. The minimum absolute atomic E-state index is 0.0595. The van der Waals surface area contributed by atoms with Crippen molar-refractivity contribution in [3.63, 3.8) is 0 Å². The van der Waals surface area contributed by atoms with Gasteiger partial charge in [-0.3, -0.25) is 14.9 Å². The fourth-order valence-electron chi connectivity index (χ4n) is 2.44. The fourth-order valence-corrected chi connectivity index (χ4v) is 2.44. The van der Waals surface area contributed by atoms with E-state index in [2.05, 4.69) is 17.6 Å². The van der Waals surface area contributed by atoms with Crippen LogP contribution in [0.4, 0.5) is 5.69 Å². The molecule has 20 heavy (non-hydrogen) atoms.